The molecular formula is C13H16ClN3O. The molecule has 0 saturated heterocycles. The number of halogens is 1. The van der Waals surface area contributed by atoms with Gasteiger partial charge in [0.25, 0.3) is 0 Å². The lowest BCUT2D eigenvalue weighted by Gasteiger charge is -2.07. The van der Waals surface area contributed by atoms with Crippen molar-refractivity contribution < 1.29 is 4.74 Å². The van der Waals surface area contributed by atoms with E-state index >= 15 is 0 Å². The first-order valence-electron chi connectivity index (χ1n) is 5.83. The maximum atomic E-state index is 5.69. The maximum Gasteiger partial charge on any atom is 0.119 e. The molecule has 1 heterocycles. The first-order valence-corrected chi connectivity index (χ1v) is 6.37. The van der Waals surface area contributed by atoms with Crippen molar-refractivity contribution in [1.29, 1.82) is 0 Å². The van der Waals surface area contributed by atoms with Gasteiger partial charge in [-0.25, -0.2) is 4.68 Å². The molecule has 0 bridgehead atoms. The normalized spacial score (nSPS) is 10.6. The number of hydrogen-bond donors (Lipinski definition) is 0. The van der Waals surface area contributed by atoms with Crippen LogP contribution in [0.2, 0.25) is 0 Å². The Morgan fingerprint density at radius 2 is 1.94 bits per heavy atom. The van der Waals surface area contributed by atoms with Gasteiger partial charge in [0.05, 0.1) is 18.1 Å². The molecule has 0 aliphatic rings. The summed E-state index contributed by atoms with van der Waals surface area (Å²) in [4.78, 5) is 0. The van der Waals surface area contributed by atoms with E-state index in [9.17, 15) is 0 Å². The van der Waals surface area contributed by atoms with Gasteiger partial charge in [-0.3, -0.25) is 0 Å². The van der Waals surface area contributed by atoms with Crippen molar-refractivity contribution in [2.75, 3.05) is 6.61 Å². The Kier molecular flexibility index (Phi) is 4.20. The molecule has 0 N–H and O–H groups in total. The molecule has 0 radical (unpaired) electrons. The molecule has 2 rings (SSSR count). The molecule has 96 valence electrons. The van der Waals surface area contributed by atoms with Gasteiger partial charge < -0.3 is 4.74 Å². The molecule has 1 aromatic heterocycles. The van der Waals surface area contributed by atoms with E-state index in [1.807, 2.05) is 18.3 Å². The molecule has 2 aromatic rings. The molecule has 0 amide bonds. The maximum absolute atomic E-state index is 5.69. The third-order valence-corrected chi connectivity index (χ3v) is 2.78. The van der Waals surface area contributed by atoms with E-state index in [0.717, 1.165) is 11.4 Å². The zero-order valence-corrected chi connectivity index (χ0v) is 11.3. The molecule has 0 aliphatic carbocycles. The minimum Gasteiger partial charge on any atom is -0.492 e. The number of ether oxygens (including phenoxy) is 1. The predicted octanol–water partition coefficient (Wildman–Crippen LogP) is 2.71. The van der Waals surface area contributed by atoms with E-state index in [1.165, 1.54) is 11.1 Å². The van der Waals surface area contributed by atoms with Crippen LogP contribution in [0.3, 0.4) is 0 Å². The fourth-order valence-electron chi connectivity index (χ4n) is 1.78. The molecule has 1 aromatic carbocycles. The van der Waals surface area contributed by atoms with Gasteiger partial charge in [-0.15, -0.1) is 16.7 Å². The quantitative estimate of drug-likeness (QED) is 0.781. The molecule has 0 spiro atoms. The molecule has 0 atom stereocenters. The van der Waals surface area contributed by atoms with Crippen LogP contribution in [0.5, 0.6) is 5.75 Å². The highest BCUT2D eigenvalue weighted by atomic mass is 35.5. The van der Waals surface area contributed by atoms with Gasteiger partial charge in [-0.2, -0.15) is 0 Å². The topological polar surface area (TPSA) is 39.9 Å². The van der Waals surface area contributed by atoms with Gasteiger partial charge in [0, 0.05) is 6.20 Å². The number of aromatic nitrogens is 3. The zero-order valence-electron chi connectivity index (χ0n) is 10.6. The fraction of sp³-hybridized carbons (Fsp3) is 0.385. The molecule has 18 heavy (non-hydrogen) atoms. The number of aryl methyl sites for hydroxylation is 2. The van der Waals surface area contributed by atoms with E-state index < -0.39 is 0 Å². The molecule has 0 fully saturated rings. The standard InChI is InChI=1S/C13H16ClN3O/c1-10-5-11(2)7-13(6-10)18-4-3-17-9-12(8-14)15-16-17/h5-7,9H,3-4,8H2,1-2H3. The van der Waals surface area contributed by atoms with Gasteiger partial charge in [-0.05, 0) is 37.1 Å². The Bertz CT molecular complexity index is 504. The summed E-state index contributed by atoms with van der Waals surface area (Å²) in [7, 11) is 0. The predicted molar refractivity (Wildman–Crippen MR) is 71.0 cm³/mol. The number of benzene rings is 1. The highest BCUT2D eigenvalue weighted by Crippen LogP contribution is 2.16. The zero-order chi connectivity index (χ0) is 13.0. The summed E-state index contributed by atoms with van der Waals surface area (Å²) in [5, 5.41) is 7.87. The number of nitrogens with zero attached hydrogens (tertiary/aromatic N) is 3. The smallest absolute Gasteiger partial charge is 0.119 e. The van der Waals surface area contributed by atoms with Crippen molar-refractivity contribution in [3.63, 3.8) is 0 Å². The van der Waals surface area contributed by atoms with E-state index in [1.54, 1.807) is 4.68 Å². The Hall–Kier alpha value is -1.55. The third kappa shape index (κ3) is 3.47. The van der Waals surface area contributed by atoms with Gasteiger partial charge in [0.15, 0.2) is 0 Å². The van der Waals surface area contributed by atoms with E-state index in [2.05, 4.69) is 30.2 Å². The second-order valence-electron chi connectivity index (χ2n) is 4.28. The third-order valence-electron chi connectivity index (χ3n) is 2.51. The van der Waals surface area contributed by atoms with E-state index in [4.69, 9.17) is 16.3 Å². The number of alkyl halides is 1. The summed E-state index contributed by atoms with van der Waals surface area (Å²) >= 11 is 5.66. The van der Waals surface area contributed by atoms with Crippen LogP contribution in [-0.2, 0) is 12.4 Å². The van der Waals surface area contributed by atoms with Gasteiger partial charge >= 0.3 is 0 Å². The van der Waals surface area contributed by atoms with Crippen LogP contribution in [-0.4, -0.2) is 21.6 Å². The summed E-state index contributed by atoms with van der Waals surface area (Å²) < 4.78 is 7.43. The molecular weight excluding hydrogens is 250 g/mol. The lowest BCUT2D eigenvalue weighted by atomic mass is 10.1. The first-order chi connectivity index (χ1) is 8.67. The summed E-state index contributed by atoms with van der Waals surface area (Å²) in [6.07, 6.45) is 1.83. The lowest BCUT2D eigenvalue weighted by molar-refractivity contribution is 0.289. The van der Waals surface area contributed by atoms with Crippen LogP contribution in [0.1, 0.15) is 16.8 Å². The van der Waals surface area contributed by atoms with Crippen molar-refractivity contribution in [2.45, 2.75) is 26.3 Å². The van der Waals surface area contributed by atoms with Crippen molar-refractivity contribution in [3.8, 4) is 5.75 Å². The van der Waals surface area contributed by atoms with Crippen molar-refractivity contribution in [2.24, 2.45) is 0 Å². The molecule has 0 saturated carbocycles. The average Bonchev–Trinajstić information content (AvgIpc) is 2.76. The molecule has 0 aliphatic heterocycles. The van der Waals surface area contributed by atoms with Crippen molar-refractivity contribution in [1.82, 2.24) is 15.0 Å². The average molecular weight is 266 g/mol. The second-order valence-corrected chi connectivity index (χ2v) is 4.55. The molecule has 4 nitrogen and oxygen atoms in total. The second kappa shape index (κ2) is 5.87. The van der Waals surface area contributed by atoms with Crippen LogP contribution in [0, 0.1) is 13.8 Å². The van der Waals surface area contributed by atoms with Gasteiger partial charge in [-0.1, -0.05) is 11.3 Å². The Morgan fingerprint density at radius 3 is 2.56 bits per heavy atom. The Morgan fingerprint density at radius 1 is 1.22 bits per heavy atom. The van der Waals surface area contributed by atoms with Crippen molar-refractivity contribution >= 4 is 11.6 Å². The summed E-state index contributed by atoms with van der Waals surface area (Å²) in [5.74, 6) is 1.28. The SMILES string of the molecule is Cc1cc(C)cc(OCCn2cc(CCl)nn2)c1. The largest absolute Gasteiger partial charge is 0.492 e. The van der Waals surface area contributed by atoms with E-state index in [0.29, 0.717) is 19.0 Å². The number of rotatable bonds is 5. The summed E-state index contributed by atoms with van der Waals surface area (Å²) in [6.45, 7) is 5.35. The Labute approximate surface area is 112 Å². The van der Waals surface area contributed by atoms with Crippen LogP contribution in [0.15, 0.2) is 24.4 Å². The number of hydrogen-bond acceptors (Lipinski definition) is 3. The minimum absolute atomic E-state index is 0.387. The minimum atomic E-state index is 0.387. The molecule has 5 heteroatoms. The van der Waals surface area contributed by atoms with Gasteiger partial charge in [0.2, 0.25) is 0 Å². The fourth-order valence-corrected chi connectivity index (χ4v) is 1.90. The lowest BCUT2D eigenvalue weighted by Crippen LogP contribution is -2.08. The Balaban J connectivity index is 1.88. The van der Waals surface area contributed by atoms with Crippen molar-refractivity contribution in [3.05, 3.63) is 41.2 Å². The van der Waals surface area contributed by atoms with Gasteiger partial charge in [0.1, 0.15) is 12.4 Å². The van der Waals surface area contributed by atoms with Crippen LogP contribution >= 0.6 is 11.6 Å². The van der Waals surface area contributed by atoms with Crippen LogP contribution in [0.4, 0.5) is 0 Å². The highest BCUT2D eigenvalue weighted by Gasteiger charge is 2.00. The van der Waals surface area contributed by atoms with E-state index in [-0.39, 0.29) is 0 Å². The summed E-state index contributed by atoms with van der Waals surface area (Å²) in [5.41, 5.74) is 3.19. The highest BCUT2D eigenvalue weighted by molar-refractivity contribution is 6.16. The molecule has 0 unspecified atom stereocenters. The first kappa shape index (κ1) is 12.9. The van der Waals surface area contributed by atoms with Crippen LogP contribution in [0.25, 0.3) is 0 Å². The monoisotopic (exact) mass is 265 g/mol. The summed E-state index contributed by atoms with van der Waals surface area (Å²) in [6, 6.07) is 6.17. The van der Waals surface area contributed by atoms with Crippen LogP contribution < -0.4 is 4.74 Å².